The smallest absolute Gasteiger partial charge is 0.138 e. The summed E-state index contributed by atoms with van der Waals surface area (Å²) in [7, 11) is 0. The molecule has 126 valence electrons. The first-order valence-corrected chi connectivity index (χ1v) is 8.44. The van der Waals surface area contributed by atoms with Crippen molar-refractivity contribution in [2.45, 2.75) is 32.4 Å². The summed E-state index contributed by atoms with van der Waals surface area (Å²) in [6, 6.07) is 15.2. The number of hydrogen-bond acceptors (Lipinski definition) is 3. The number of hydrogen-bond donors (Lipinski definition) is 1. The van der Waals surface area contributed by atoms with Gasteiger partial charge in [-0.25, -0.2) is 4.98 Å². The Morgan fingerprint density at radius 1 is 1.12 bits per heavy atom. The van der Waals surface area contributed by atoms with Gasteiger partial charge in [0.1, 0.15) is 24.3 Å². The van der Waals surface area contributed by atoms with Gasteiger partial charge in [0.05, 0.1) is 22.6 Å². The van der Waals surface area contributed by atoms with Gasteiger partial charge < -0.3 is 14.4 Å². The standard InChI is InChI=1S/C19H21ClN2O2/c1-13(2)19-21-16-8-4-5-9-17(16)22(19)11-14(23)12-24-18-10-6-3-7-15(18)20/h3-10,13-14,23H,11-12H2,1-2H3. The minimum Gasteiger partial charge on any atom is -0.489 e. The Bertz CT molecular complexity index is 829. The molecule has 0 aliphatic carbocycles. The normalized spacial score (nSPS) is 12.7. The predicted octanol–water partition coefficient (Wildman–Crippen LogP) is 4.25. The average Bonchev–Trinajstić information content (AvgIpc) is 2.93. The van der Waals surface area contributed by atoms with Gasteiger partial charge in [-0.1, -0.05) is 49.7 Å². The highest BCUT2D eigenvalue weighted by Gasteiger charge is 2.17. The highest BCUT2D eigenvalue weighted by Crippen LogP contribution is 2.24. The van der Waals surface area contributed by atoms with Crippen molar-refractivity contribution in [1.29, 1.82) is 0 Å². The van der Waals surface area contributed by atoms with E-state index >= 15 is 0 Å². The summed E-state index contributed by atoms with van der Waals surface area (Å²) in [4.78, 5) is 4.69. The zero-order chi connectivity index (χ0) is 17.1. The van der Waals surface area contributed by atoms with Crippen LogP contribution in [0, 0.1) is 0 Å². The first kappa shape index (κ1) is 16.8. The third kappa shape index (κ3) is 3.55. The first-order valence-electron chi connectivity index (χ1n) is 8.07. The number of imidazole rings is 1. The lowest BCUT2D eigenvalue weighted by molar-refractivity contribution is 0.0926. The van der Waals surface area contributed by atoms with Gasteiger partial charge in [-0.05, 0) is 24.3 Å². The largest absolute Gasteiger partial charge is 0.489 e. The van der Waals surface area contributed by atoms with Gasteiger partial charge in [0.2, 0.25) is 0 Å². The van der Waals surface area contributed by atoms with E-state index in [-0.39, 0.29) is 12.5 Å². The van der Waals surface area contributed by atoms with Crippen molar-refractivity contribution < 1.29 is 9.84 Å². The van der Waals surface area contributed by atoms with Crippen LogP contribution in [-0.4, -0.2) is 27.4 Å². The van der Waals surface area contributed by atoms with Gasteiger partial charge in [-0.3, -0.25) is 0 Å². The van der Waals surface area contributed by atoms with Gasteiger partial charge in [-0.2, -0.15) is 0 Å². The topological polar surface area (TPSA) is 47.3 Å². The van der Waals surface area contributed by atoms with Crippen LogP contribution in [0.5, 0.6) is 5.75 Å². The van der Waals surface area contributed by atoms with E-state index in [0.717, 1.165) is 16.9 Å². The maximum Gasteiger partial charge on any atom is 0.138 e. The van der Waals surface area contributed by atoms with Crippen molar-refractivity contribution in [1.82, 2.24) is 9.55 Å². The fraction of sp³-hybridized carbons (Fsp3) is 0.316. The molecule has 0 saturated heterocycles. The van der Waals surface area contributed by atoms with Gasteiger partial charge in [-0.15, -0.1) is 0 Å². The second kappa shape index (κ2) is 7.24. The second-order valence-corrected chi connectivity index (χ2v) is 6.53. The van der Waals surface area contributed by atoms with Gasteiger partial charge >= 0.3 is 0 Å². The molecule has 2 aromatic carbocycles. The molecule has 4 nitrogen and oxygen atoms in total. The lowest BCUT2D eigenvalue weighted by atomic mass is 10.2. The molecule has 3 rings (SSSR count). The number of fused-ring (bicyclic) bond motifs is 1. The summed E-state index contributed by atoms with van der Waals surface area (Å²) in [5.74, 6) is 1.82. The highest BCUT2D eigenvalue weighted by molar-refractivity contribution is 6.32. The number of aliphatic hydroxyl groups excluding tert-OH is 1. The number of aliphatic hydroxyl groups is 1. The Labute approximate surface area is 146 Å². The Balaban J connectivity index is 1.76. The summed E-state index contributed by atoms with van der Waals surface area (Å²) in [5.41, 5.74) is 1.97. The molecule has 3 aromatic rings. The fourth-order valence-corrected chi connectivity index (χ4v) is 2.93. The lowest BCUT2D eigenvalue weighted by Crippen LogP contribution is -2.25. The Hall–Kier alpha value is -2.04. The highest BCUT2D eigenvalue weighted by atomic mass is 35.5. The molecule has 0 saturated carbocycles. The molecule has 1 aromatic heterocycles. The molecule has 0 aliphatic rings. The monoisotopic (exact) mass is 344 g/mol. The summed E-state index contributed by atoms with van der Waals surface area (Å²) in [5, 5.41) is 11.0. The van der Waals surface area contributed by atoms with Gasteiger partial charge in [0.15, 0.2) is 0 Å². The summed E-state index contributed by atoms with van der Waals surface area (Å²) in [6.07, 6.45) is -0.656. The third-order valence-electron chi connectivity index (χ3n) is 3.86. The van der Waals surface area contributed by atoms with Crippen molar-refractivity contribution in [2.24, 2.45) is 0 Å². The molecule has 0 bridgehead atoms. The first-order chi connectivity index (χ1) is 11.6. The van der Waals surface area contributed by atoms with Crippen molar-refractivity contribution in [2.75, 3.05) is 6.61 Å². The van der Waals surface area contributed by atoms with E-state index in [1.54, 1.807) is 12.1 Å². The second-order valence-electron chi connectivity index (χ2n) is 6.12. The maximum atomic E-state index is 10.4. The minimum absolute atomic E-state index is 0.174. The van der Waals surface area contributed by atoms with Crippen LogP contribution in [0.1, 0.15) is 25.6 Å². The molecule has 24 heavy (non-hydrogen) atoms. The van der Waals surface area contributed by atoms with Gasteiger partial charge in [0.25, 0.3) is 0 Å². The number of rotatable bonds is 6. The minimum atomic E-state index is -0.656. The molecule has 5 heteroatoms. The molecule has 0 radical (unpaired) electrons. The maximum absolute atomic E-state index is 10.4. The third-order valence-corrected chi connectivity index (χ3v) is 4.17. The van der Waals surface area contributed by atoms with E-state index in [9.17, 15) is 5.11 Å². The molecule has 0 fully saturated rings. The zero-order valence-corrected chi connectivity index (χ0v) is 14.6. The van der Waals surface area contributed by atoms with Crippen molar-refractivity contribution in [3.8, 4) is 5.75 Å². The van der Waals surface area contributed by atoms with Crippen molar-refractivity contribution in [3.05, 3.63) is 59.4 Å². The van der Waals surface area contributed by atoms with Crippen molar-refractivity contribution >= 4 is 22.6 Å². The Morgan fingerprint density at radius 3 is 2.58 bits per heavy atom. The number of aromatic nitrogens is 2. The molecule has 1 unspecified atom stereocenters. The molecular weight excluding hydrogens is 324 g/mol. The Morgan fingerprint density at radius 2 is 1.83 bits per heavy atom. The number of ether oxygens (including phenoxy) is 1. The van der Waals surface area contributed by atoms with Gasteiger partial charge in [0, 0.05) is 5.92 Å². The molecule has 0 spiro atoms. The van der Waals surface area contributed by atoms with E-state index in [1.807, 2.05) is 36.4 Å². The molecule has 1 heterocycles. The molecule has 0 amide bonds. The average molecular weight is 345 g/mol. The number of nitrogens with zero attached hydrogens (tertiary/aromatic N) is 2. The number of benzene rings is 2. The quantitative estimate of drug-likeness (QED) is 0.727. The van der Waals surface area contributed by atoms with Crippen molar-refractivity contribution in [3.63, 3.8) is 0 Å². The lowest BCUT2D eigenvalue weighted by Gasteiger charge is -2.17. The fourth-order valence-electron chi connectivity index (χ4n) is 2.74. The number of para-hydroxylation sites is 3. The van der Waals surface area contributed by atoms with Crippen LogP contribution in [0.15, 0.2) is 48.5 Å². The van der Waals surface area contributed by atoms with Crippen LogP contribution in [0.25, 0.3) is 11.0 Å². The molecule has 1 N–H and O–H groups in total. The van der Waals surface area contributed by atoms with E-state index in [2.05, 4.69) is 23.4 Å². The summed E-state index contributed by atoms with van der Waals surface area (Å²) in [6.45, 7) is 4.81. The molecule has 1 atom stereocenters. The van der Waals surface area contributed by atoms with Crippen LogP contribution in [-0.2, 0) is 6.54 Å². The van der Waals surface area contributed by atoms with Crippen LogP contribution in [0.4, 0.5) is 0 Å². The van der Waals surface area contributed by atoms with E-state index in [4.69, 9.17) is 16.3 Å². The molecular formula is C19H21ClN2O2. The van der Waals surface area contributed by atoms with Crippen LogP contribution in [0.2, 0.25) is 5.02 Å². The summed E-state index contributed by atoms with van der Waals surface area (Å²) >= 11 is 6.07. The van der Waals surface area contributed by atoms with Crippen LogP contribution >= 0.6 is 11.6 Å². The summed E-state index contributed by atoms with van der Waals surface area (Å²) < 4.78 is 7.71. The number of halogens is 1. The van der Waals surface area contributed by atoms with E-state index < -0.39 is 6.10 Å². The van der Waals surface area contributed by atoms with Crippen LogP contribution in [0.3, 0.4) is 0 Å². The van der Waals surface area contributed by atoms with Crippen LogP contribution < -0.4 is 4.74 Å². The SMILES string of the molecule is CC(C)c1nc2ccccc2n1CC(O)COc1ccccc1Cl. The molecule has 0 aliphatic heterocycles. The zero-order valence-electron chi connectivity index (χ0n) is 13.8. The van der Waals surface area contributed by atoms with E-state index in [0.29, 0.717) is 17.3 Å². The van der Waals surface area contributed by atoms with E-state index in [1.165, 1.54) is 0 Å². The predicted molar refractivity (Wildman–Crippen MR) is 96.8 cm³/mol. The Kier molecular flexibility index (Phi) is 5.07.